The molecule has 1 aliphatic carbocycles. The highest BCUT2D eigenvalue weighted by Gasteiger charge is 2.47. The molecular weight excluding hydrogens is 953 g/mol. The Kier molecular flexibility index (Phi) is 11.1. The molecule has 2 nitrogen and oxygen atoms in total. The summed E-state index contributed by atoms with van der Waals surface area (Å²) in [6.07, 6.45) is 0. The zero-order chi connectivity index (χ0) is 52.3. The zero-order valence-electron chi connectivity index (χ0n) is 43.4. The van der Waals surface area contributed by atoms with E-state index in [1.54, 1.807) is 0 Å². The van der Waals surface area contributed by atoms with E-state index < -0.39 is 5.41 Å². The molecule has 1 heterocycles. The van der Waals surface area contributed by atoms with Crippen molar-refractivity contribution in [3.63, 3.8) is 0 Å². The molecule has 79 heavy (non-hydrogen) atoms. The lowest BCUT2D eigenvalue weighted by Gasteiger charge is -2.34. The highest BCUT2D eigenvalue weighted by molar-refractivity contribution is 6.10. The number of hydrogen-bond donors (Lipinski definition) is 0. The maximum Gasteiger partial charge on any atom is 0.0714 e. The first-order valence-corrected chi connectivity index (χ1v) is 27.3. The molecule has 370 valence electrons. The van der Waals surface area contributed by atoms with Crippen molar-refractivity contribution in [3.05, 3.63) is 338 Å². The number of benzene rings is 13. The Hall–Kier alpha value is -10.3. The Bertz CT molecular complexity index is 4480. The molecule has 0 radical (unpaired) electrons. The van der Waals surface area contributed by atoms with E-state index in [9.17, 15) is 0 Å². The van der Waals surface area contributed by atoms with Crippen LogP contribution >= 0.6 is 0 Å². The fourth-order valence-electron chi connectivity index (χ4n) is 12.9. The number of hydrogen-bond acceptors (Lipinski definition) is 1. The predicted octanol–water partition coefficient (Wildman–Crippen LogP) is 20.4. The van der Waals surface area contributed by atoms with Crippen molar-refractivity contribution >= 4 is 49.6 Å². The van der Waals surface area contributed by atoms with Gasteiger partial charge in [-0.05, 0) is 138 Å². The summed E-state index contributed by atoms with van der Waals surface area (Å²) < 4.78 is 2.43. The minimum atomic E-state index is -0.537. The molecule has 15 rings (SSSR count). The van der Waals surface area contributed by atoms with Gasteiger partial charge in [0.25, 0.3) is 0 Å². The Balaban J connectivity index is 0.848. The normalized spacial score (nSPS) is 12.4. The van der Waals surface area contributed by atoms with E-state index >= 15 is 0 Å². The summed E-state index contributed by atoms with van der Waals surface area (Å²) in [4.78, 5) is 2.47. The second kappa shape index (κ2) is 19.1. The molecule has 0 N–H and O–H groups in total. The van der Waals surface area contributed by atoms with Gasteiger partial charge in [-0.1, -0.05) is 255 Å². The Labute approximate surface area is 461 Å². The van der Waals surface area contributed by atoms with Crippen molar-refractivity contribution < 1.29 is 0 Å². The molecule has 14 aromatic rings. The second-order valence-electron chi connectivity index (χ2n) is 20.8. The van der Waals surface area contributed by atoms with Gasteiger partial charge in [-0.2, -0.15) is 0 Å². The Morgan fingerprint density at radius 1 is 0.278 bits per heavy atom. The highest BCUT2D eigenvalue weighted by atomic mass is 15.1. The monoisotopic (exact) mass is 1000 g/mol. The molecule has 0 bridgehead atoms. The van der Waals surface area contributed by atoms with Crippen LogP contribution in [0.15, 0.2) is 315 Å². The third-order valence-corrected chi connectivity index (χ3v) is 16.5. The first-order valence-electron chi connectivity index (χ1n) is 27.3. The van der Waals surface area contributed by atoms with Crippen LogP contribution in [-0.2, 0) is 5.41 Å². The SMILES string of the molecule is c1ccc(C2(c3ccccc3)c3ccccc3-c3c(N(c4ccc(-c5ccc(-c6cccc(-c7ccc8ccccc8c7)c6)cc5)cc4)c4ccc(-c5ccccc5-n5c6ccccc6c6ccccc65)cc4)cccc32)cc1. The summed E-state index contributed by atoms with van der Waals surface area (Å²) >= 11 is 0. The fourth-order valence-corrected chi connectivity index (χ4v) is 12.9. The number of nitrogens with zero attached hydrogens (tertiary/aromatic N) is 2. The van der Waals surface area contributed by atoms with Gasteiger partial charge in [0.05, 0.1) is 27.8 Å². The summed E-state index contributed by atoms with van der Waals surface area (Å²) in [5, 5.41) is 5.01. The number of fused-ring (bicyclic) bond motifs is 7. The van der Waals surface area contributed by atoms with Crippen LogP contribution in [0.3, 0.4) is 0 Å². The van der Waals surface area contributed by atoms with Crippen LogP contribution in [0.4, 0.5) is 17.1 Å². The van der Waals surface area contributed by atoms with E-state index in [4.69, 9.17) is 0 Å². The lowest BCUT2D eigenvalue weighted by atomic mass is 9.68. The van der Waals surface area contributed by atoms with Gasteiger partial charge >= 0.3 is 0 Å². The highest BCUT2D eigenvalue weighted by Crippen LogP contribution is 2.59. The number of para-hydroxylation sites is 3. The van der Waals surface area contributed by atoms with Gasteiger partial charge in [0, 0.05) is 33.3 Å². The molecule has 0 saturated heterocycles. The standard InChI is InChI=1S/C77H52N2/c1-3-23-62(24-4-1)77(63-25-5-2-6-26-63)70-31-13-9-30-69(70)76-71(77)32-18-36-75(76)78(65-49-45-57(46-50-65)66-27-10-14-33-72(66)79-73-34-15-11-28-67(73)68-29-12-16-35-74(68)79)64-47-43-55(44-48-64)54-37-39-56(40-38-54)59-21-17-22-60(51-59)61-42-41-53-19-7-8-20-58(53)52-61/h1-52H. The molecule has 0 spiro atoms. The molecule has 0 atom stereocenters. The summed E-state index contributed by atoms with van der Waals surface area (Å²) in [7, 11) is 0. The van der Waals surface area contributed by atoms with Crippen LogP contribution in [0.2, 0.25) is 0 Å². The topological polar surface area (TPSA) is 8.17 Å². The Morgan fingerprint density at radius 3 is 1.39 bits per heavy atom. The van der Waals surface area contributed by atoms with Crippen LogP contribution in [0.1, 0.15) is 22.3 Å². The molecule has 0 saturated carbocycles. The fraction of sp³-hybridized carbons (Fsp3) is 0.0130. The average Bonchev–Trinajstić information content (AvgIpc) is 3.70. The maximum atomic E-state index is 2.47. The minimum absolute atomic E-state index is 0.537. The van der Waals surface area contributed by atoms with Crippen LogP contribution in [0.25, 0.3) is 93.9 Å². The number of aromatic nitrogens is 1. The Morgan fingerprint density at radius 2 is 0.734 bits per heavy atom. The minimum Gasteiger partial charge on any atom is -0.310 e. The van der Waals surface area contributed by atoms with Gasteiger partial charge in [-0.15, -0.1) is 0 Å². The van der Waals surface area contributed by atoms with Crippen LogP contribution in [0.5, 0.6) is 0 Å². The molecule has 13 aromatic carbocycles. The van der Waals surface area contributed by atoms with Crippen molar-refractivity contribution in [1.29, 1.82) is 0 Å². The van der Waals surface area contributed by atoms with Crippen molar-refractivity contribution in [1.82, 2.24) is 4.57 Å². The van der Waals surface area contributed by atoms with Gasteiger partial charge in [-0.3, -0.25) is 0 Å². The lowest BCUT2D eigenvalue weighted by Crippen LogP contribution is -2.28. The molecule has 0 aliphatic heterocycles. The molecule has 1 aliphatic rings. The van der Waals surface area contributed by atoms with Gasteiger partial charge in [0.2, 0.25) is 0 Å². The molecule has 0 fully saturated rings. The van der Waals surface area contributed by atoms with E-state index in [-0.39, 0.29) is 0 Å². The third kappa shape index (κ3) is 7.64. The van der Waals surface area contributed by atoms with Gasteiger partial charge in [0.1, 0.15) is 0 Å². The van der Waals surface area contributed by atoms with Crippen molar-refractivity contribution in [2.24, 2.45) is 0 Å². The summed E-state index contributed by atoms with van der Waals surface area (Å²) in [5.41, 5.74) is 23.3. The number of rotatable bonds is 10. The van der Waals surface area contributed by atoms with E-state index in [1.807, 2.05) is 0 Å². The van der Waals surface area contributed by atoms with Gasteiger partial charge in [-0.25, -0.2) is 0 Å². The van der Waals surface area contributed by atoms with Crippen molar-refractivity contribution in [2.75, 3.05) is 4.90 Å². The average molecular weight is 1010 g/mol. The second-order valence-corrected chi connectivity index (χ2v) is 20.8. The zero-order valence-corrected chi connectivity index (χ0v) is 43.4. The van der Waals surface area contributed by atoms with E-state index in [1.165, 1.54) is 99.3 Å². The van der Waals surface area contributed by atoms with Gasteiger partial charge < -0.3 is 9.47 Å². The molecule has 0 amide bonds. The third-order valence-electron chi connectivity index (χ3n) is 16.5. The quantitative estimate of drug-likeness (QED) is 0.133. The van der Waals surface area contributed by atoms with E-state index in [0.29, 0.717) is 0 Å². The predicted molar refractivity (Wildman–Crippen MR) is 332 cm³/mol. The maximum absolute atomic E-state index is 2.47. The smallest absolute Gasteiger partial charge is 0.0714 e. The van der Waals surface area contributed by atoms with Crippen LogP contribution < -0.4 is 4.90 Å². The summed E-state index contributed by atoms with van der Waals surface area (Å²) in [6, 6.07) is 116. The van der Waals surface area contributed by atoms with Crippen LogP contribution in [0, 0.1) is 0 Å². The first kappa shape index (κ1) is 46.1. The number of anilines is 3. The first-order chi connectivity index (χ1) is 39.2. The lowest BCUT2D eigenvalue weighted by molar-refractivity contribution is 0.768. The van der Waals surface area contributed by atoms with Gasteiger partial charge in [0.15, 0.2) is 0 Å². The van der Waals surface area contributed by atoms with E-state index in [0.717, 1.165) is 33.9 Å². The molecule has 2 heteroatoms. The molecular formula is C77H52N2. The van der Waals surface area contributed by atoms with Crippen molar-refractivity contribution in [2.45, 2.75) is 5.41 Å². The summed E-state index contributed by atoms with van der Waals surface area (Å²) in [6.45, 7) is 0. The van der Waals surface area contributed by atoms with Crippen LogP contribution in [-0.4, -0.2) is 4.57 Å². The van der Waals surface area contributed by atoms with E-state index in [2.05, 4.69) is 325 Å². The molecule has 1 aromatic heterocycles. The van der Waals surface area contributed by atoms with Crippen molar-refractivity contribution in [3.8, 4) is 61.3 Å². The summed E-state index contributed by atoms with van der Waals surface area (Å²) in [5.74, 6) is 0. The largest absolute Gasteiger partial charge is 0.310 e. The molecule has 0 unspecified atom stereocenters.